The van der Waals surface area contributed by atoms with Gasteiger partial charge in [0.1, 0.15) is 5.92 Å². The molecule has 2 aliphatic rings. The van der Waals surface area contributed by atoms with Gasteiger partial charge in [-0.05, 0) is 42.9 Å². The molecule has 0 aromatic rings. The van der Waals surface area contributed by atoms with Gasteiger partial charge in [-0.3, -0.25) is 9.59 Å². The van der Waals surface area contributed by atoms with E-state index < -0.39 is 42.5 Å². The molecule has 0 aromatic carbocycles. The lowest BCUT2D eigenvalue weighted by Crippen LogP contribution is -2.55. The molecule has 0 aromatic heterocycles. The molecule has 2 aliphatic carbocycles. The Morgan fingerprint density at radius 3 is 2.31 bits per heavy atom. The monoisotopic (exact) mass is 412 g/mol. The number of carbonyl (C=O) groups is 3. The molecular formula is C21H32O8. The highest BCUT2D eigenvalue weighted by Crippen LogP contribution is 2.59. The number of rotatable bonds is 8. The second kappa shape index (κ2) is 8.44. The molecule has 0 amide bonds. The summed E-state index contributed by atoms with van der Waals surface area (Å²) in [5.41, 5.74) is 0.489. The molecule has 0 unspecified atom stereocenters. The van der Waals surface area contributed by atoms with Crippen molar-refractivity contribution in [1.82, 2.24) is 0 Å². The summed E-state index contributed by atoms with van der Waals surface area (Å²) in [7, 11) is 0. The highest BCUT2D eigenvalue weighted by atomic mass is 16.5. The Morgan fingerprint density at radius 1 is 1.17 bits per heavy atom. The number of hydrogen-bond acceptors (Lipinski definition) is 5. The number of hydrogen-bond donors (Lipinski definition) is 4. The maximum absolute atomic E-state index is 11.7. The molecule has 0 saturated heterocycles. The fraction of sp³-hybridized carbons (Fsp3) is 0.762. The zero-order chi connectivity index (χ0) is 22.1. The van der Waals surface area contributed by atoms with Crippen LogP contribution >= 0.6 is 0 Å². The van der Waals surface area contributed by atoms with Crippen LogP contribution in [-0.2, 0) is 19.1 Å². The average Bonchev–Trinajstić information content (AvgIpc) is 2.59. The summed E-state index contributed by atoms with van der Waals surface area (Å²) in [5, 5.41) is 38.3. The largest absolute Gasteiger partial charge is 0.481 e. The van der Waals surface area contributed by atoms with Crippen molar-refractivity contribution in [2.45, 2.75) is 65.6 Å². The molecule has 0 bridgehead atoms. The van der Waals surface area contributed by atoms with Crippen LogP contribution in [0.4, 0.5) is 0 Å². The summed E-state index contributed by atoms with van der Waals surface area (Å²) in [6, 6.07) is 0. The molecule has 164 valence electrons. The number of fused-ring (bicyclic) bond motifs is 1. The zero-order valence-corrected chi connectivity index (χ0v) is 17.4. The minimum absolute atomic E-state index is 0.0120. The van der Waals surface area contributed by atoms with Crippen molar-refractivity contribution in [3.8, 4) is 0 Å². The molecule has 6 atom stereocenters. The maximum atomic E-state index is 11.7. The third-order valence-corrected chi connectivity index (χ3v) is 7.29. The van der Waals surface area contributed by atoms with Crippen LogP contribution in [-0.4, -0.2) is 57.1 Å². The van der Waals surface area contributed by atoms with E-state index in [1.807, 2.05) is 20.8 Å². The van der Waals surface area contributed by atoms with Gasteiger partial charge >= 0.3 is 17.9 Å². The summed E-state index contributed by atoms with van der Waals surface area (Å²) >= 11 is 0. The van der Waals surface area contributed by atoms with Crippen LogP contribution in [0.2, 0.25) is 0 Å². The Hall–Kier alpha value is -1.93. The smallest absolute Gasteiger partial charge is 0.333 e. The van der Waals surface area contributed by atoms with E-state index in [-0.39, 0.29) is 29.3 Å². The Labute approximate surface area is 170 Å². The van der Waals surface area contributed by atoms with Crippen molar-refractivity contribution in [3.05, 3.63) is 11.6 Å². The van der Waals surface area contributed by atoms with Crippen molar-refractivity contribution in [3.63, 3.8) is 0 Å². The van der Waals surface area contributed by atoms with Gasteiger partial charge in [0, 0.05) is 5.92 Å². The average molecular weight is 412 g/mol. The van der Waals surface area contributed by atoms with E-state index in [1.54, 1.807) is 0 Å². The first kappa shape index (κ1) is 23.3. The van der Waals surface area contributed by atoms with E-state index in [9.17, 15) is 29.7 Å². The Morgan fingerprint density at radius 2 is 1.79 bits per heavy atom. The van der Waals surface area contributed by atoms with E-state index in [2.05, 4.69) is 13.0 Å². The third kappa shape index (κ3) is 4.48. The van der Waals surface area contributed by atoms with Gasteiger partial charge in [0.2, 0.25) is 0 Å². The summed E-state index contributed by atoms with van der Waals surface area (Å²) < 4.78 is 5.60. The van der Waals surface area contributed by atoms with Crippen molar-refractivity contribution in [2.75, 3.05) is 6.61 Å². The second-order valence-corrected chi connectivity index (χ2v) is 9.31. The normalized spacial score (nSPS) is 33.1. The molecule has 29 heavy (non-hydrogen) atoms. The first-order valence-corrected chi connectivity index (χ1v) is 9.96. The first-order valence-electron chi connectivity index (χ1n) is 9.96. The summed E-state index contributed by atoms with van der Waals surface area (Å²) in [4.78, 5) is 34.1. The fourth-order valence-electron chi connectivity index (χ4n) is 5.43. The molecule has 0 heterocycles. The predicted octanol–water partition coefficient (Wildman–Crippen LogP) is 2.40. The van der Waals surface area contributed by atoms with Crippen molar-refractivity contribution in [2.24, 2.45) is 28.6 Å². The van der Waals surface area contributed by atoms with Gasteiger partial charge in [-0.1, -0.05) is 32.4 Å². The molecule has 0 aliphatic heterocycles. The van der Waals surface area contributed by atoms with Crippen molar-refractivity contribution < 1.29 is 39.5 Å². The van der Waals surface area contributed by atoms with Crippen LogP contribution in [0.1, 0.15) is 53.4 Å². The summed E-state index contributed by atoms with van der Waals surface area (Å²) in [6.45, 7) is 8.15. The molecular weight excluding hydrogens is 380 g/mol. The number of carboxylic acid groups (broad SMARTS) is 3. The number of allylic oxidation sites excluding steroid dienone is 1. The molecule has 1 saturated carbocycles. The van der Waals surface area contributed by atoms with E-state index in [0.717, 1.165) is 18.4 Å². The molecule has 4 N–H and O–H groups in total. The maximum Gasteiger partial charge on any atom is 0.333 e. The number of aliphatic hydroxyl groups excluding tert-OH is 1. The number of aliphatic carboxylic acids is 3. The summed E-state index contributed by atoms with van der Waals surface area (Å²) in [5.74, 6) is -6.05. The highest BCUT2D eigenvalue weighted by molar-refractivity contribution is 5.85. The molecule has 1 fully saturated rings. The van der Waals surface area contributed by atoms with E-state index >= 15 is 0 Å². The van der Waals surface area contributed by atoms with E-state index in [0.29, 0.717) is 6.42 Å². The van der Waals surface area contributed by atoms with Crippen LogP contribution in [0.15, 0.2) is 11.6 Å². The van der Waals surface area contributed by atoms with Gasteiger partial charge in [-0.2, -0.15) is 0 Å². The van der Waals surface area contributed by atoms with Gasteiger partial charge in [0.05, 0.1) is 19.1 Å². The summed E-state index contributed by atoms with van der Waals surface area (Å²) in [6.07, 6.45) is 1.27. The Bertz CT molecular complexity index is 697. The first-order chi connectivity index (χ1) is 13.3. The second-order valence-electron chi connectivity index (χ2n) is 9.31. The van der Waals surface area contributed by atoms with Crippen molar-refractivity contribution in [1.29, 1.82) is 0 Å². The third-order valence-electron chi connectivity index (χ3n) is 7.29. The molecule has 8 nitrogen and oxygen atoms in total. The lowest BCUT2D eigenvalue weighted by molar-refractivity contribution is -0.171. The van der Waals surface area contributed by atoms with Gasteiger partial charge in [-0.15, -0.1) is 0 Å². The van der Waals surface area contributed by atoms with Crippen LogP contribution in [0.25, 0.3) is 0 Å². The van der Waals surface area contributed by atoms with E-state index in [4.69, 9.17) is 9.84 Å². The number of carboxylic acids is 3. The fourth-order valence-corrected chi connectivity index (χ4v) is 5.43. The predicted molar refractivity (Wildman–Crippen MR) is 103 cm³/mol. The van der Waals surface area contributed by atoms with Crippen molar-refractivity contribution >= 4 is 17.9 Å². The van der Waals surface area contributed by atoms with Gasteiger partial charge in [0.25, 0.3) is 0 Å². The Kier molecular flexibility index (Phi) is 6.79. The molecule has 8 heteroatoms. The van der Waals surface area contributed by atoms with Gasteiger partial charge < -0.3 is 25.2 Å². The minimum atomic E-state index is -1.75. The molecule has 2 rings (SSSR count). The topological polar surface area (TPSA) is 141 Å². The minimum Gasteiger partial charge on any atom is -0.481 e. The SMILES string of the molecule is CC1=CC[C@@H]2C(C)(C)[C@H](O)CC[C@@]2(C)[C@@H]1CO[C@H](C(=O)O)[C@@H](CC(=O)O)C(=O)O. The molecule has 0 radical (unpaired) electrons. The van der Waals surface area contributed by atoms with Gasteiger partial charge in [0.15, 0.2) is 6.10 Å². The lowest BCUT2D eigenvalue weighted by Gasteiger charge is -2.58. The standard InChI is InChI=1S/C21H32O8/c1-11-5-6-14-20(2,3)15(22)7-8-21(14,4)13(11)10-29-17(19(27)28)12(18(25)26)9-16(23)24/h5,12-15,17,22H,6-10H2,1-4H3,(H,23,24)(H,25,26)(H,27,28)/t12-,13-,14-,15-,17+,21+/m1/s1. The zero-order valence-electron chi connectivity index (χ0n) is 17.4. The van der Waals surface area contributed by atoms with E-state index in [1.165, 1.54) is 0 Å². The van der Waals surface area contributed by atoms with Gasteiger partial charge in [-0.25, -0.2) is 4.79 Å². The quantitative estimate of drug-likeness (QED) is 0.445. The molecule has 0 spiro atoms. The lowest BCUT2D eigenvalue weighted by atomic mass is 9.48. The van der Waals surface area contributed by atoms with Crippen LogP contribution in [0.3, 0.4) is 0 Å². The van der Waals surface area contributed by atoms with Crippen LogP contribution in [0, 0.1) is 28.6 Å². The number of aliphatic hydroxyl groups is 1. The Balaban J connectivity index is 2.27. The highest BCUT2D eigenvalue weighted by Gasteiger charge is 2.55. The number of ether oxygens (including phenoxy) is 1. The van der Waals surface area contributed by atoms with Crippen LogP contribution in [0.5, 0.6) is 0 Å². The van der Waals surface area contributed by atoms with Crippen LogP contribution < -0.4 is 0 Å².